The smallest absolute Gasteiger partial charge is 0.358 e. The topological polar surface area (TPSA) is 164 Å². The third-order valence-corrected chi connectivity index (χ3v) is 17.2. The summed E-state index contributed by atoms with van der Waals surface area (Å²) in [6, 6.07) is 30.5. The van der Waals surface area contributed by atoms with Gasteiger partial charge >= 0.3 is 5.97 Å². The molecule has 4 aliphatic rings. The van der Waals surface area contributed by atoms with Crippen LogP contribution in [0.15, 0.2) is 91.0 Å². The van der Waals surface area contributed by atoms with E-state index >= 15 is 0 Å². The Morgan fingerprint density at radius 2 is 1.61 bits per heavy atom. The van der Waals surface area contributed by atoms with Crippen molar-refractivity contribution in [1.82, 2.24) is 30.0 Å². The second-order valence-corrected chi connectivity index (χ2v) is 23.5. The number of rotatable bonds is 13. The molecule has 3 aromatic heterocycles. The number of anilines is 3. The Morgan fingerprint density at radius 1 is 0.831 bits per heavy atom. The van der Waals surface area contributed by atoms with Crippen LogP contribution in [0.25, 0.3) is 32.2 Å². The maximum atomic E-state index is 14.2. The van der Waals surface area contributed by atoms with Crippen LogP contribution < -0.4 is 25.2 Å². The van der Waals surface area contributed by atoms with Crippen molar-refractivity contribution in [2.75, 3.05) is 47.8 Å². The van der Waals surface area contributed by atoms with Gasteiger partial charge < -0.3 is 19.3 Å². The number of aromatic nitrogens is 4. The highest BCUT2D eigenvalue weighted by Gasteiger charge is 2.34. The van der Waals surface area contributed by atoms with E-state index in [0.29, 0.717) is 66.4 Å². The molecule has 77 heavy (non-hydrogen) atoms. The van der Waals surface area contributed by atoms with Crippen LogP contribution in [-0.2, 0) is 34.3 Å². The van der Waals surface area contributed by atoms with Crippen molar-refractivity contribution in [2.45, 2.75) is 123 Å². The highest BCUT2D eigenvalue weighted by Crippen LogP contribution is 2.39. The second kappa shape index (κ2) is 21.7. The van der Waals surface area contributed by atoms with Crippen molar-refractivity contribution in [3.63, 3.8) is 0 Å². The zero-order valence-corrected chi connectivity index (χ0v) is 45.9. The van der Waals surface area contributed by atoms with Gasteiger partial charge in [0.05, 0.1) is 39.1 Å². The molecule has 1 aliphatic carbocycles. The van der Waals surface area contributed by atoms with Crippen LogP contribution in [-0.4, -0.2) is 98.8 Å². The Morgan fingerprint density at radius 3 is 2.39 bits per heavy atom. The summed E-state index contributed by atoms with van der Waals surface area (Å²) in [4.78, 5) is 69.5. The number of ether oxygens (including phenoxy) is 2. The van der Waals surface area contributed by atoms with E-state index in [1.54, 1.807) is 0 Å². The standard InChI is InChI=1S/C61H69N9O6S/c1-37(68-32-34-69(35-33-68)49-17-10-15-45-54(66-67(6)56(45)49)46-27-29-53(71)64-58(46)73)20-21-39-22-24-41(25-23-39)75-50-18-11-13-42(38(50)2)43-26-28-52(63-55(43)59(74)76-61(3,4)5)70-31-30-40-12-9-14-44(47(40)36-70)57(72)65-60-62-48-16-7-8-19-51(48)77-60/h7-19,26,28,37,39,41,46H,20-25,27,29-36H2,1-6H3,(H,62,65,72)(H,64,71,73)/t37-,39?,41?,46?/m1/s1. The lowest BCUT2D eigenvalue weighted by atomic mass is 9.83. The molecule has 2 atom stereocenters. The van der Waals surface area contributed by atoms with E-state index in [-0.39, 0.29) is 29.5 Å². The van der Waals surface area contributed by atoms with E-state index in [1.165, 1.54) is 17.8 Å². The van der Waals surface area contributed by atoms with E-state index in [1.807, 2.05) is 105 Å². The fraction of sp³-hybridized carbons (Fsp3) is 0.426. The third kappa shape index (κ3) is 11.0. The Balaban J connectivity index is 0.708. The lowest BCUT2D eigenvalue weighted by Crippen LogP contribution is -2.49. The highest BCUT2D eigenvalue weighted by atomic mass is 32.1. The Labute approximate surface area is 454 Å². The predicted octanol–water partition coefficient (Wildman–Crippen LogP) is 10.8. The molecule has 1 saturated carbocycles. The molecule has 2 saturated heterocycles. The minimum atomic E-state index is -0.735. The average molecular weight is 1060 g/mol. The van der Waals surface area contributed by atoms with Gasteiger partial charge in [-0.15, -0.1) is 0 Å². The molecule has 400 valence electrons. The van der Waals surface area contributed by atoms with E-state index < -0.39 is 17.5 Å². The molecule has 3 fully saturated rings. The fourth-order valence-electron chi connectivity index (χ4n) is 12.0. The molecule has 7 aromatic rings. The Kier molecular flexibility index (Phi) is 14.6. The molecule has 2 N–H and O–H groups in total. The number of esters is 1. The number of benzene rings is 4. The summed E-state index contributed by atoms with van der Waals surface area (Å²) in [5.74, 6) is 0.519. The van der Waals surface area contributed by atoms with Gasteiger partial charge in [0.25, 0.3) is 5.91 Å². The predicted molar refractivity (Wildman–Crippen MR) is 303 cm³/mol. The molecule has 1 unspecified atom stereocenters. The second-order valence-electron chi connectivity index (χ2n) is 22.4. The minimum Gasteiger partial charge on any atom is -0.490 e. The monoisotopic (exact) mass is 1060 g/mol. The zero-order chi connectivity index (χ0) is 53.5. The molecule has 6 heterocycles. The van der Waals surface area contributed by atoms with E-state index in [2.05, 4.69) is 62.4 Å². The summed E-state index contributed by atoms with van der Waals surface area (Å²) in [5.41, 5.74) is 8.43. The number of aryl methyl sites for hydroxylation is 1. The summed E-state index contributed by atoms with van der Waals surface area (Å²) in [6.07, 6.45) is 8.24. The van der Waals surface area contributed by atoms with Crippen LogP contribution in [0.1, 0.15) is 128 Å². The van der Waals surface area contributed by atoms with Crippen molar-refractivity contribution in [3.05, 3.63) is 125 Å². The van der Waals surface area contributed by atoms with Gasteiger partial charge in [-0.1, -0.05) is 59.9 Å². The number of hydrogen-bond donors (Lipinski definition) is 2. The molecular formula is C61H69N9O6S. The molecular weight excluding hydrogens is 987 g/mol. The Hall–Kier alpha value is -7.17. The number of fused-ring (bicyclic) bond motifs is 3. The Bertz CT molecular complexity index is 3350. The van der Waals surface area contributed by atoms with Gasteiger partial charge in [0.1, 0.15) is 17.2 Å². The van der Waals surface area contributed by atoms with Gasteiger partial charge in [-0.05, 0) is 157 Å². The van der Waals surface area contributed by atoms with Crippen LogP contribution in [0.4, 0.5) is 16.6 Å². The highest BCUT2D eigenvalue weighted by molar-refractivity contribution is 7.22. The number of carbonyl (C=O) groups excluding carboxylic acids is 4. The number of piperidine rings is 1. The molecule has 11 rings (SSSR count). The van der Waals surface area contributed by atoms with Crippen LogP contribution in [0.5, 0.6) is 5.75 Å². The third-order valence-electron chi connectivity index (χ3n) is 16.2. The number of para-hydroxylation sites is 2. The molecule has 0 spiro atoms. The minimum absolute atomic E-state index is 0.107. The van der Waals surface area contributed by atoms with Gasteiger partial charge in [0, 0.05) is 75.3 Å². The van der Waals surface area contributed by atoms with Crippen LogP contribution >= 0.6 is 11.3 Å². The first-order chi connectivity index (χ1) is 37.1. The van der Waals surface area contributed by atoms with Gasteiger partial charge in [0.2, 0.25) is 11.8 Å². The fourth-order valence-corrected chi connectivity index (χ4v) is 12.9. The molecule has 16 heteroatoms. The van der Waals surface area contributed by atoms with Crippen molar-refractivity contribution in [1.29, 1.82) is 0 Å². The normalized spacial score (nSPS) is 19.7. The quantitative estimate of drug-likeness (QED) is 0.0831. The largest absolute Gasteiger partial charge is 0.490 e. The van der Waals surface area contributed by atoms with Crippen molar-refractivity contribution >= 4 is 72.8 Å². The van der Waals surface area contributed by atoms with Crippen LogP contribution in [0.3, 0.4) is 0 Å². The van der Waals surface area contributed by atoms with Gasteiger partial charge in [-0.3, -0.25) is 34.6 Å². The van der Waals surface area contributed by atoms with Crippen molar-refractivity contribution in [2.24, 2.45) is 13.0 Å². The summed E-state index contributed by atoms with van der Waals surface area (Å²) < 4.78 is 15.8. The first-order valence-electron chi connectivity index (χ1n) is 27.5. The van der Waals surface area contributed by atoms with E-state index in [4.69, 9.17) is 19.6 Å². The van der Waals surface area contributed by atoms with Gasteiger partial charge in [-0.25, -0.2) is 14.8 Å². The lowest BCUT2D eigenvalue weighted by Gasteiger charge is -2.40. The molecule has 0 bridgehead atoms. The van der Waals surface area contributed by atoms with E-state index in [9.17, 15) is 19.2 Å². The SMILES string of the molecule is Cc1c(OC2CCC(CC[C@@H](C)N3CCN(c4cccc5c(C6CCC(=O)NC6=O)nn(C)c45)CC3)CC2)cccc1-c1ccc(N2CCc3cccc(C(=O)Nc4nc5ccccc5s4)c3C2)nc1C(=O)OC(C)(C)C. The summed E-state index contributed by atoms with van der Waals surface area (Å²) in [7, 11) is 1.95. The summed E-state index contributed by atoms with van der Waals surface area (Å²) in [6.45, 7) is 15.0. The number of nitrogens with zero attached hydrogens (tertiary/aromatic N) is 7. The number of imide groups is 1. The van der Waals surface area contributed by atoms with Crippen LogP contribution in [0, 0.1) is 12.8 Å². The van der Waals surface area contributed by atoms with E-state index in [0.717, 1.165) is 119 Å². The number of nitrogens with one attached hydrogen (secondary N) is 2. The number of piperazine rings is 1. The molecule has 0 radical (unpaired) electrons. The number of thiazole rings is 1. The lowest BCUT2D eigenvalue weighted by molar-refractivity contribution is -0.134. The van der Waals surface area contributed by atoms with Crippen molar-refractivity contribution < 1.29 is 28.7 Å². The molecule has 4 aromatic carbocycles. The average Bonchev–Trinajstić information content (AvgIpc) is 4.04. The molecule has 15 nitrogen and oxygen atoms in total. The zero-order valence-electron chi connectivity index (χ0n) is 45.1. The first kappa shape index (κ1) is 51.9. The maximum absolute atomic E-state index is 14.2. The molecule has 3 amide bonds. The summed E-state index contributed by atoms with van der Waals surface area (Å²) >= 11 is 1.45. The van der Waals surface area contributed by atoms with Crippen molar-refractivity contribution in [3.8, 4) is 16.9 Å². The number of hydrogen-bond acceptors (Lipinski definition) is 13. The first-order valence-corrected chi connectivity index (χ1v) is 28.3. The number of amides is 3. The van der Waals surface area contributed by atoms with Gasteiger partial charge in [-0.2, -0.15) is 5.10 Å². The molecule has 3 aliphatic heterocycles. The number of pyridine rings is 1. The van der Waals surface area contributed by atoms with Crippen LogP contribution in [0.2, 0.25) is 0 Å². The maximum Gasteiger partial charge on any atom is 0.358 e. The van der Waals surface area contributed by atoms with Gasteiger partial charge in [0.15, 0.2) is 10.8 Å². The summed E-state index contributed by atoms with van der Waals surface area (Å²) in [5, 5.41) is 11.9. The number of carbonyl (C=O) groups is 4.